The van der Waals surface area contributed by atoms with E-state index in [0.29, 0.717) is 11.8 Å². The number of anilines is 2. The zero-order valence-corrected chi connectivity index (χ0v) is 16.1. The fraction of sp³-hybridized carbons (Fsp3) is 0.278. The highest BCUT2D eigenvalue weighted by atomic mass is 79.9. The molecule has 0 atom stereocenters. The lowest BCUT2D eigenvalue weighted by Crippen LogP contribution is -2.39. The Labute approximate surface area is 164 Å². The van der Waals surface area contributed by atoms with Crippen LogP contribution in [0, 0.1) is 5.92 Å². The molecular formula is C18H18BrN7O. The van der Waals surface area contributed by atoms with E-state index in [4.69, 9.17) is 0 Å². The predicted octanol–water partition coefficient (Wildman–Crippen LogP) is 2.67. The first-order valence-electron chi connectivity index (χ1n) is 8.72. The lowest BCUT2D eigenvalue weighted by Gasteiger charge is -2.31. The van der Waals surface area contributed by atoms with Gasteiger partial charge in [0.2, 0.25) is 11.9 Å². The van der Waals surface area contributed by atoms with E-state index in [1.807, 2.05) is 36.4 Å². The minimum atomic E-state index is -0.0484. The molecule has 1 saturated heterocycles. The van der Waals surface area contributed by atoms with Crippen LogP contribution in [0.1, 0.15) is 12.8 Å². The lowest BCUT2D eigenvalue weighted by atomic mass is 9.96. The summed E-state index contributed by atoms with van der Waals surface area (Å²) in [4.78, 5) is 18.8. The maximum absolute atomic E-state index is 12.5. The fourth-order valence-electron chi connectivity index (χ4n) is 3.14. The largest absolute Gasteiger partial charge is 0.339 e. The quantitative estimate of drug-likeness (QED) is 0.688. The van der Waals surface area contributed by atoms with E-state index >= 15 is 0 Å². The van der Waals surface area contributed by atoms with E-state index in [2.05, 4.69) is 46.7 Å². The first-order valence-corrected chi connectivity index (χ1v) is 9.51. The van der Waals surface area contributed by atoms with E-state index in [1.54, 1.807) is 16.9 Å². The molecule has 138 valence electrons. The van der Waals surface area contributed by atoms with Gasteiger partial charge in [0, 0.05) is 29.7 Å². The van der Waals surface area contributed by atoms with Gasteiger partial charge in [0.25, 0.3) is 0 Å². The van der Waals surface area contributed by atoms with E-state index < -0.39 is 0 Å². The van der Waals surface area contributed by atoms with Gasteiger partial charge in [-0.15, -0.1) is 0 Å². The van der Waals surface area contributed by atoms with Crippen molar-refractivity contribution >= 4 is 33.6 Å². The number of piperidine rings is 1. The van der Waals surface area contributed by atoms with Crippen molar-refractivity contribution in [2.45, 2.75) is 12.8 Å². The Bertz CT molecular complexity index is 905. The van der Waals surface area contributed by atoms with Crippen LogP contribution in [0.25, 0.3) is 5.69 Å². The number of hydrogen-bond acceptors (Lipinski definition) is 6. The minimum absolute atomic E-state index is 0.00660. The summed E-state index contributed by atoms with van der Waals surface area (Å²) in [6, 6.07) is 13.4. The maximum atomic E-state index is 12.5. The van der Waals surface area contributed by atoms with E-state index in [1.165, 1.54) is 0 Å². The molecule has 1 amide bonds. The Hall–Kier alpha value is -2.81. The van der Waals surface area contributed by atoms with Crippen LogP contribution in [0.5, 0.6) is 0 Å². The van der Waals surface area contributed by atoms with Crippen LogP contribution in [-0.2, 0) is 4.79 Å². The zero-order chi connectivity index (χ0) is 18.6. The number of para-hydroxylation sites is 1. The van der Waals surface area contributed by atoms with Crippen LogP contribution in [0.4, 0.5) is 11.8 Å². The third-order valence-corrected chi connectivity index (χ3v) is 5.05. The molecule has 0 radical (unpaired) electrons. The summed E-state index contributed by atoms with van der Waals surface area (Å²) in [5, 5.41) is 15.0. The van der Waals surface area contributed by atoms with E-state index in [-0.39, 0.29) is 11.8 Å². The highest BCUT2D eigenvalue weighted by molar-refractivity contribution is 9.10. The summed E-state index contributed by atoms with van der Waals surface area (Å²) in [6.07, 6.45) is 3.15. The molecule has 1 aromatic carbocycles. The topological polar surface area (TPSA) is 88.8 Å². The van der Waals surface area contributed by atoms with Crippen LogP contribution in [-0.4, -0.2) is 44.2 Å². The monoisotopic (exact) mass is 427 g/mol. The Morgan fingerprint density at radius 1 is 1.11 bits per heavy atom. The normalized spacial score (nSPS) is 14.9. The summed E-state index contributed by atoms with van der Waals surface area (Å²) in [7, 11) is 0. The molecule has 4 rings (SSSR count). The van der Waals surface area contributed by atoms with Gasteiger partial charge in [-0.05, 0) is 63.5 Å². The first-order chi connectivity index (χ1) is 13.2. The molecule has 0 bridgehead atoms. The second kappa shape index (κ2) is 7.83. The van der Waals surface area contributed by atoms with Gasteiger partial charge >= 0.3 is 0 Å². The highest BCUT2D eigenvalue weighted by Crippen LogP contribution is 2.24. The molecule has 8 nitrogen and oxygen atoms in total. The van der Waals surface area contributed by atoms with Crippen molar-refractivity contribution in [3.8, 4) is 5.69 Å². The maximum Gasteiger partial charge on any atom is 0.250 e. The molecule has 2 aromatic heterocycles. The Balaban J connectivity index is 1.39. The molecular weight excluding hydrogens is 410 g/mol. The van der Waals surface area contributed by atoms with Gasteiger partial charge in [0.05, 0.1) is 5.69 Å². The summed E-state index contributed by atoms with van der Waals surface area (Å²) in [5.41, 5.74) is 0.915. The molecule has 0 aliphatic carbocycles. The first kappa shape index (κ1) is 17.6. The number of nitrogens with zero attached hydrogens (tertiary/aromatic N) is 6. The van der Waals surface area contributed by atoms with Gasteiger partial charge in [-0.25, -0.2) is 4.98 Å². The number of halogens is 1. The molecule has 0 saturated carbocycles. The number of amides is 1. The summed E-state index contributed by atoms with van der Waals surface area (Å²) < 4.78 is 2.61. The molecule has 27 heavy (non-hydrogen) atoms. The summed E-state index contributed by atoms with van der Waals surface area (Å²) in [5.74, 6) is 1.23. The average Bonchev–Trinajstić information content (AvgIpc) is 3.20. The molecule has 1 aliphatic heterocycles. The second-order valence-electron chi connectivity index (χ2n) is 6.34. The summed E-state index contributed by atoms with van der Waals surface area (Å²) >= 11 is 3.34. The van der Waals surface area contributed by atoms with E-state index in [9.17, 15) is 4.79 Å². The van der Waals surface area contributed by atoms with Crippen molar-refractivity contribution in [2.24, 2.45) is 5.92 Å². The predicted molar refractivity (Wildman–Crippen MR) is 105 cm³/mol. The fourth-order valence-corrected chi connectivity index (χ4v) is 3.37. The van der Waals surface area contributed by atoms with Crippen molar-refractivity contribution in [1.82, 2.24) is 25.2 Å². The van der Waals surface area contributed by atoms with Gasteiger partial charge in [0.1, 0.15) is 5.82 Å². The third-order valence-electron chi connectivity index (χ3n) is 4.58. The number of benzene rings is 1. The average molecular weight is 428 g/mol. The number of carbonyl (C=O) groups is 1. The Morgan fingerprint density at radius 3 is 2.59 bits per heavy atom. The number of aromatic nitrogens is 5. The number of hydrogen-bond donors (Lipinski definition) is 1. The molecule has 1 aliphatic rings. The van der Waals surface area contributed by atoms with Crippen LogP contribution >= 0.6 is 15.9 Å². The molecule has 0 spiro atoms. The SMILES string of the molecule is O=C(Nc1ccc(Br)cn1)C1CCN(c2nnnn2-c2ccccc2)CC1. The lowest BCUT2D eigenvalue weighted by molar-refractivity contribution is -0.120. The van der Waals surface area contributed by atoms with Crippen molar-refractivity contribution in [3.63, 3.8) is 0 Å². The number of pyridine rings is 1. The van der Waals surface area contributed by atoms with Gasteiger partial charge in [-0.1, -0.05) is 23.3 Å². The van der Waals surface area contributed by atoms with Crippen LogP contribution in [0.2, 0.25) is 0 Å². The smallest absolute Gasteiger partial charge is 0.250 e. The zero-order valence-electron chi connectivity index (χ0n) is 14.5. The van der Waals surface area contributed by atoms with Crippen LogP contribution < -0.4 is 10.2 Å². The molecule has 3 heterocycles. The molecule has 1 fully saturated rings. The van der Waals surface area contributed by atoms with Crippen molar-refractivity contribution in [1.29, 1.82) is 0 Å². The van der Waals surface area contributed by atoms with Gasteiger partial charge < -0.3 is 10.2 Å². The van der Waals surface area contributed by atoms with Crippen LogP contribution in [0.3, 0.4) is 0 Å². The second-order valence-corrected chi connectivity index (χ2v) is 7.25. The number of nitrogens with one attached hydrogen (secondary N) is 1. The number of tetrazole rings is 1. The number of carbonyl (C=O) groups excluding carboxylic acids is 1. The minimum Gasteiger partial charge on any atom is -0.339 e. The van der Waals surface area contributed by atoms with Crippen LogP contribution in [0.15, 0.2) is 53.1 Å². The van der Waals surface area contributed by atoms with Crippen molar-refractivity contribution in [2.75, 3.05) is 23.3 Å². The Morgan fingerprint density at radius 2 is 1.89 bits per heavy atom. The molecule has 1 N–H and O–H groups in total. The summed E-state index contributed by atoms with van der Waals surface area (Å²) in [6.45, 7) is 1.44. The molecule has 0 unspecified atom stereocenters. The van der Waals surface area contributed by atoms with Crippen molar-refractivity contribution < 1.29 is 4.79 Å². The standard InChI is InChI=1S/C18H18BrN7O/c19-14-6-7-16(20-12-14)21-17(27)13-8-10-25(11-9-13)18-22-23-24-26(18)15-4-2-1-3-5-15/h1-7,12-13H,8-11H2,(H,20,21,27). The number of rotatable bonds is 4. The van der Waals surface area contributed by atoms with Crippen molar-refractivity contribution in [3.05, 3.63) is 53.1 Å². The van der Waals surface area contributed by atoms with Gasteiger partial charge in [-0.2, -0.15) is 4.68 Å². The van der Waals surface area contributed by atoms with Gasteiger partial charge in [0.15, 0.2) is 0 Å². The van der Waals surface area contributed by atoms with Gasteiger partial charge in [-0.3, -0.25) is 4.79 Å². The molecule has 9 heteroatoms. The van der Waals surface area contributed by atoms with E-state index in [0.717, 1.165) is 36.1 Å². The Kier molecular flexibility index (Phi) is 5.10. The third kappa shape index (κ3) is 3.97. The molecule has 3 aromatic rings. The highest BCUT2D eigenvalue weighted by Gasteiger charge is 2.28.